The minimum absolute atomic E-state index is 0.00727. The van der Waals surface area contributed by atoms with Crippen LogP contribution in [0.4, 0.5) is 0 Å². The number of H-pyrrole nitrogens is 2. The van der Waals surface area contributed by atoms with Crippen molar-refractivity contribution in [3.8, 4) is 11.3 Å². The van der Waals surface area contributed by atoms with Crippen LogP contribution in [-0.4, -0.2) is 38.4 Å². The molecule has 4 aromatic rings. The van der Waals surface area contributed by atoms with Gasteiger partial charge in [0, 0.05) is 33.6 Å². The predicted octanol–water partition coefficient (Wildman–Crippen LogP) is 3.07. The Kier molecular flexibility index (Phi) is 3.72. The molecule has 26 heavy (non-hydrogen) atoms. The number of aliphatic hydroxyl groups is 1. The van der Waals surface area contributed by atoms with E-state index in [0.717, 1.165) is 64.7 Å². The van der Waals surface area contributed by atoms with Gasteiger partial charge in [-0.1, -0.05) is 6.07 Å². The molecule has 1 aromatic carbocycles. The number of aromatic nitrogens is 4. The van der Waals surface area contributed by atoms with E-state index in [1.54, 1.807) is 12.4 Å². The van der Waals surface area contributed by atoms with E-state index < -0.39 is 0 Å². The summed E-state index contributed by atoms with van der Waals surface area (Å²) in [4.78, 5) is 7.81. The molecule has 1 aliphatic heterocycles. The third kappa shape index (κ3) is 2.41. The molecule has 5 rings (SSSR count). The van der Waals surface area contributed by atoms with Crippen molar-refractivity contribution < 1.29 is 5.11 Å². The van der Waals surface area contributed by atoms with Crippen LogP contribution < -0.4 is 5.32 Å². The Balaban J connectivity index is 1.68. The van der Waals surface area contributed by atoms with E-state index in [1.807, 2.05) is 6.07 Å². The van der Waals surface area contributed by atoms with Crippen LogP contribution in [-0.2, 0) is 6.61 Å². The molecule has 0 amide bonds. The number of piperidine rings is 1. The Morgan fingerprint density at radius 2 is 2.00 bits per heavy atom. The molecule has 4 N–H and O–H groups in total. The van der Waals surface area contributed by atoms with E-state index in [1.165, 1.54) is 5.56 Å². The van der Waals surface area contributed by atoms with Gasteiger partial charge in [0.05, 0.1) is 18.5 Å². The second kappa shape index (κ2) is 6.23. The number of hydrogen-bond acceptors (Lipinski definition) is 4. The number of fused-ring (bicyclic) bond motifs is 2. The van der Waals surface area contributed by atoms with Crippen LogP contribution in [0.5, 0.6) is 0 Å². The Morgan fingerprint density at radius 3 is 2.85 bits per heavy atom. The van der Waals surface area contributed by atoms with Crippen molar-refractivity contribution in [1.29, 1.82) is 0 Å². The lowest BCUT2D eigenvalue weighted by atomic mass is 9.89. The number of aromatic amines is 2. The molecule has 132 valence electrons. The molecule has 0 unspecified atom stereocenters. The van der Waals surface area contributed by atoms with Crippen molar-refractivity contribution in [3.05, 3.63) is 47.8 Å². The van der Waals surface area contributed by atoms with Crippen LogP contribution in [0.3, 0.4) is 0 Å². The Labute approximate surface area is 150 Å². The third-order valence-corrected chi connectivity index (χ3v) is 5.52. The monoisotopic (exact) mass is 347 g/mol. The standard InChI is InChI=1S/C20H21N5O/c26-11-17-15-9-13(12-3-6-21-7-4-12)1-2-18(15)24-19(17)14-5-8-22-20-16(14)10-23-25-20/h1-2,5,8-10,12,21,24,26H,3-4,6-7,11H2,(H,22,23,25). The first-order valence-corrected chi connectivity index (χ1v) is 9.09. The highest BCUT2D eigenvalue weighted by Crippen LogP contribution is 2.36. The van der Waals surface area contributed by atoms with Crippen molar-refractivity contribution in [2.24, 2.45) is 0 Å². The lowest BCUT2D eigenvalue weighted by molar-refractivity contribution is 0.284. The lowest BCUT2D eigenvalue weighted by Gasteiger charge is -2.23. The highest BCUT2D eigenvalue weighted by molar-refractivity contribution is 5.98. The van der Waals surface area contributed by atoms with Crippen LogP contribution in [0.2, 0.25) is 0 Å². The average Bonchev–Trinajstić information content (AvgIpc) is 3.32. The highest BCUT2D eigenvalue weighted by Gasteiger charge is 2.19. The van der Waals surface area contributed by atoms with E-state index in [-0.39, 0.29) is 6.61 Å². The molecule has 1 saturated heterocycles. The largest absolute Gasteiger partial charge is 0.392 e. The maximum Gasteiger partial charge on any atom is 0.155 e. The summed E-state index contributed by atoms with van der Waals surface area (Å²) in [6.07, 6.45) is 5.88. The van der Waals surface area contributed by atoms with Gasteiger partial charge in [0.25, 0.3) is 0 Å². The maximum atomic E-state index is 10.1. The van der Waals surface area contributed by atoms with Gasteiger partial charge in [-0.05, 0) is 55.6 Å². The van der Waals surface area contributed by atoms with Gasteiger partial charge in [-0.15, -0.1) is 0 Å². The van der Waals surface area contributed by atoms with Gasteiger partial charge in [0.1, 0.15) is 0 Å². The summed E-state index contributed by atoms with van der Waals surface area (Å²) in [6.45, 7) is 2.14. The summed E-state index contributed by atoms with van der Waals surface area (Å²) in [7, 11) is 0. The number of benzene rings is 1. The van der Waals surface area contributed by atoms with Gasteiger partial charge >= 0.3 is 0 Å². The number of rotatable bonds is 3. The zero-order valence-corrected chi connectivity index (χ0v) is 14.4. The average molecular weight is 347 g/mol. The van der Waals surface area contributed by atoms with Crippen LogP contribution in [0.25, 0.3) is 33.2 Å². The van der Waals surface area contributed by atoms with E-state index in [2.05, 4.69) is 43.7 Å². The number of nitrogens with one attached hydrogen (secondary N) is 3. The highest BCUT2D eigenvalue weighted by atomic mass is 16.3. The van der Waals surface area contributed by atoms with Crippen molar-refractivity contribution in [3.63, 3.8) is 0 Å². The van der Waals surface area contributed by atoms with Crippen LogP contribution >= 0.6 is 0 Å². The zero-order chi connectivity index (χ0) is 17.5. The molecule has 3 aromatic heterocycles. The summed E-state index contributed by atoms with van der Waals surface area (Å²) in [5.74, 6) is 0.590. The van der Waals surface area contributed by atoms with Crippen LogP contribution in [0, 0.1) is 0 Å². The minimum Gasteiger partial charge on any atom is -0.392 e. The SMILES string of the molecule is OCc1c(-c2ccnc3[nH]ncc23)[nH]c2ccc(C3CCNCC3)cc12. The molecule has 0 bridgehead atoms. The van der Waals surface area contributed by atoms with Crippen LogP contribution in [0.15, 0.2) is 36.7 Å². The van der Waals surface area contributed by atoms with Crippen molar-refractivity contribution in [1.82, 2.24) is 25.5 Å². The van der Waals surface area contributed by atoms with Gasteiger partial charge < -0.3 is 15.4 Å². The first-order chi connectivity index (χ1) is 12.8. The van der Waals surface area contributed by atoms with E-state index in [9.17, 15) is 5.11 Å². The fraction of sp³-hybridized carbons (Fsp3) is 0.300. The van der Waals surface area contributed by atoms with Crippen LogP contribution in [0.1, 0.15) is 29.9 Å². The molecule has 0 aliphatic carbocycles. The molecule has 4 heterocycles. The fourth-order valence-electron chi connectivity index (χ4n) is 4.14. The molecule has 0 atom stereocenters. The van der Waals surface area contributed by atoms with Gasteiger partial charge in [0.2, 0.25) is 0 Å². The Hall–Kier alpha value is -2.70. The second-order valence-electron chi connectivity index (χ2n) is 6.96. The fourth-order valence-corrected chi connectivity index (χ4v) is 4.14. The predicted molar refractivity (Wildman–Crippen MR) is 102 cm³/mol. The zero-order valence-electron chi connectivity index (χ0n) is 14.4. The quantitative estimate of drug-likeness (QED) is 0.458. The van der Waals surface area contributed by atoms with Crippen molar-refractivity contribution >= 4 is 21.9 Å². The first-order valence-electron chi connectivity index (χ1n) is 9.09. The lowest BCUT2D eigenvalue weighted by Crippen LogP contribution is -2.26. The summed E-state index contributed by atoms with van der Waals surface area (Å²) < 4.78 is 0. The molecule has 0 saturated carbocycles. The first kappa shape index (κ1) is 15.5. The van der Waals surface area contributed by atoms with E-state index in [0.29, 0.717) is 5.92 Å². The van der Waals surface area contributed by atoms with Gasteiger partial charge in [-0.3, -0.25) is 5.10 Å². The van der Waals surface area contributed by atoms with E-state index >= 15 is 0 Å². The topological polar surface area (TPSA) is 89.6 Å². The Bertz CT molecular complexity index is 1070. The summed E-state index contributed by atoms with van der Waals surface area (Å²) >= 11 is 0. The molecule has 0 radical (unpaired) electrons. The number of pyridine rings is 1. The maximum absolute atomic E-state index is 10.1. The molecular weight excluding hydrogens is 326 g/mol. The minimum atomic E-state index is -0.00727. The Morgan fingerprint density at radius 1 is 1.12 bits per heavy atom. The smallest absolute Gasteiger partial charge is 0.155 e. The normalized spacial score (nSPS) is 15.9. The molecule has 6 heteroatoms. The molecule has 0 spiro atoms. The van der Waals surface area contributed by atoms with Gasteiger partial charge in [-0.2, -0.15) is 5.10 Å². The molecule has 1 fully saturated rings. The van der Waals surface area contributed by atoms with E-state index in [4.69, 9.17) is 0 Å². The summed E-state index contributed by atoms with van der Waals surface area (Å²) in [5, 5.41) is 22.6. The molecule has 6 nitrogen and oxygen atoms in total. The number of nitrogens with zero attached hydrogens (tertiary/aromatic N) is 2. The van der Waals surface area contributed by atoms with Gasteiger partial charge in [0.15, 0.2) is 5.65 Å². The summed E-state index contributed by atoms with van der Waals surface area (Å²) in [6, 6.07) is 8.59. The molecular formula is C20H21N5O. The molecule has 1 aliphatic rings. The van der Waals surface area contributed by atoms with Crippen molar-refractivity contribution in [2.75, 3.05) is 13.1 Å². The third-order valence-electron chi connectivity index (χ3n) is 5.52. The second-order valence-corrected chi connectivity index (χ2v) is 6.96. The van der Waals surface area contributed by atoms with Crippen molar-refractivity contribution in [2.45, 2.75) is 25.4 Å². The number of hydrogen-bond donors (Lipinski definition) is 4. The summed E-state index contributed by atoms with van der Waals surface area (Å²) in [5.41, 5.74) is 6.05. The van der Waals surface area contributed by atoms with Gasteiger partial charge in [-0.25, -0.2) is 4.98 Å². The number of aliphatic hydroxyl groups excluding tert-OH is 1.